The third-order valence-corrected chi connectivity index (χ3v) is 5.49. The maximum Gasteiger partial charge on any atom is 0.277 e. The van der Waals surface area contributed by atoms with Crippen LogP contribution >= 0.6 is 23.1 Å². The number of nitrogens with zero attached hydrogens (tertiary/aromatic N) is 3. The molecule has 0 bridgehead atoms. The first-order valence-electron chi connectivity index (χ1n) is 7.16. The smallest absolute Gasteiger partial charge is 0.277 e. The summed E-state index contributed by atoms with van der Waals surface area (Å²) in [5, 5.41) is 9.91. The first kappa shape index (κ1) is 14.4. The van der Waals surface area contributed by atoms with Crippen LogP contribution in [0.5, 0.6) is 0 Å². The highest BCUT2D eigenvalue weighted by Gasteiger charge is 2.12. The molecule has 0 radical (unpaired) electrons. The summed E-state index contributed by atoms with van der Waals surface area (Å²) in [6.45, 7) is 2.04. The van der Waals surface area contributed by atoms with Gasteiger partial charge in [0.1, 0.15) is 5.01 Å². The topological polar surface area (TPSA) is 51.8 Å². The lowest BCUT2D eigenvalue weighted by Gasteiger charge is -1.98. The largest absolute Gasteiger partial charge is 0.411 e. The van der Waals surface area contributed by atoms with E-state index in [1.807, 2.05) is 49.4 Å². The van der Waals surface area contributed by atoms with Crippen LogP contribution in [-0.2, 0) is 5.75 Å². The average molecular weight is 339 g/mol. The second-order valence-electron chi connectivity index (χ2n) is 5.05. The molecule has 114 valence electrons. The Morgan fingerprint density at radius 3 is 2.74 bits per heavy atom. The van der Waals surface area contributed by atoms with Crippen molar-refractivity contribution in [2.24, 2.45) is 0 Å². The van der Waals surface area contributed by atoms with Gasteiger partial charge in [-0.1, -0.05) is 42.1 Å². The molecule has 0 aliphatic rings. The molecule has 4 aromatic rings. The molecule has 0 saturated carbocycles. The Kier molecular flexibility index (Phi) is 3.85. The predicted octanol–water partition coefficient (Wildman–Crippen LogP) is 4.95. The van der Waals surface area contributed by atoms with Crippen molar-refractivity contribution >= 4 is 33.3 Å². The molecule has 2 aromatic heterocycles. The molecule has 0 fully saturated rings. The Bertz CT molecular complexity index is 928. The number of thioether (sulfide) groups is 1. The van der Waals surface area contributed by atoms with Gasteiger partial charge >= 0.3 is 0 Å². The lowest BCUT2D eigenvalue weighted by atomic mass is 10.1. The van der Waals surface area contributed by atoms with Gasteiger partial charge in [-0.25, -0.2) is 4.98 Å². The van der Waals surface area contributed by atoms with Gasteiger partial charge in [0.2, 0.25) is 5.89 Å². The number of aromatic nitrogens is 3. The van der Waals surface area contributed by atoms with Crippen molar-refractivity contribution in [3.05, 3.63) is 59.1 Å². The zero-order valence-electron chi connectivity index (χ0n) is 12.4. The van der Waals surface area contributed by atoms with Crippen molar-refractivity contribution in [2.45, 2.75) is 17.9 Å². The zero-order valence-corrected chi connectivity index (χ0v) is 14.0. The summed E-state index contributed by atoms with van der Waals surface area (Å²) in [4.78, 5) is 4.61. The minimum absolute atomic E-state index is 0.565. The minimum atomic E-state index is 0.565. The molecule has 0 amide bonds. The Labute approximate surface area is 141 Å². The molecular formula is C17H13N3OS2. The van der Waals surface area contributed by atoms with Crippen molar-refractivity contribution < 1.29 is 4.42 Å². The van der Waals surface area contributed by atoms with Gasteiger partial charge in [0, 0.05) is 5.56 Å². The van der Waals surface area contributed by atoms with Gasteiger partial charge in [-0.3, -0.25) is 0 Å². The highest BCUT2D eigenvalue weighted by molar-refractivity contribution is 7.98. The molecule has 0 aliphatic carbocycles. The number of thiazole rings is 1. The fourth-order valence-corrected chi connectivity index (χ4v) is 4.02. The summed E-state index contributed by atoms with van der Waals surface area (Å²) < 4.78 is 6.97. The SMILES string of the molecule is Cc1ccccc1-c1nnc(SCc2nc3ccccc3s2)o1. The van der Waals surface area contributed by atoms with Crippen LogP contribution in [0, 0.1) is 6.92 Å². The minimum Gasteiger partial charge on any atom is -0.411 e. The Morgan fingerprint density at radius 1 is 1.04 bits per heavy atom. The quantitative estimate of drug-likeness (QED) is 0.493. The van der Waals surface area contributed by atoms with E-state index in [1.165, 1.54) is 16.5 Å². The molecule has 0 spiro atoms. The van der Waals surface area contributed by atoms with Gasteiger partial charge in [-0.05, 0) is 30.7 Å². The molecule has 2 heterocycles. The highest BCUT2D eigenvalue weighted by atomic mass is 32.2. The van der Waals surface area contributed by atoms with Gasteiger partial charge in [0.15, 0.2) is 0 Å². The van der Waals surface area contributed by atoms with Crippen molar-refractivity contribution in [1.29, 1.82) is 0 Å². The van der Waals surface area contributed by atoms with Crippen LogP contribution in [0.25, 0.3) is 21.7 Å². The molecular weight excluding hydrogens is 326 g/mol. The van der Waals surface area contributed by atoms with Crippen molar-refractivity contribution in [3.63, 3.8) is 0 Å². The highest BCUT2D eigenvalue weighted by Crippen LogP contribution is 2.30. The summed E-state index contributed by atoms with van der Waals surface area (Å²) >= 11 is 3.22. The number of para-hydroxylation sites is 1. The standard InChI is InChI=1S/C17H13N3OS2/c1-11-6-2-3-7-12(11)16-19-20-17(21-16)22-10-15-18-13-8-4-5-9-14(13)23-15/h2-9H,10H2,1H3. The first-order valence-corrected chi connectivity index (χ1v) is 8.96. The summed E-state index contributed by atoms with van der Waals surface area (Å²) in [6, 6.07) is 16.2. The molecule has 0 unspecified atom stereocenters. The van der Waals surface area contributed by atoms with Crippen molar-refractivity contribution in [2.75, 3.05) is 0 Å². The van der Waals surface area contributed by atoms with Crippen LogP contribution in [-0.4, -0.2) is 15.2 Å². The number of fused-ring (bicyclic) bond motifs is 1. The monoisotopic (exact) mass is 339 g/mol. The second-order valence-corrected chi connectivity index (χ2v) is 7.09. The predicted molar refractivity (Wildman–Crippen MR) is 93.7 cm³/mol. The van der Waals surface area contributed by atoms with Crippen LogP contribution in [0.1, 0.15) is 10.6 Å². The van der Waals surface area contributed by atoms with Crippen LogP contribution in [0.2, 0.25) is 0 Å². The van der Waals surface area contributed by atoms with E-state index in [9.17, 15) is 0 Å². The molecule has 0 atom stereocenters. The summed E-state index contributed by atoms with van der Waals surface area (Å²) in [5.41, 5.74) is 3.14. The second kappa shape index (κ2) is 6.14. The van der Waals surface area contributed by atoms with E-state index in [2.05, 4.69) is 21.2 Å². The number of aryl methyl sites for hydroxylation is 1. The van der Waals surface area contributed by atoms with Crippen LogP contribution in [0.3, 0.4) is 0 Å². The van der Waals surface area contributed by atoms with Crippen LogP contribution in [0.15, 0.2) is 58.2 Å². The summed E-state index contributed by atoms with van der Waals surface area (Å²) in [5.74, 6) is 1.30. The molecule has 4 nitrogen and oxygen atoms in total. The molecule has 0 saturated heterocycles. The van der Waals surface area contributed by atoms with Crippen molar-refractivity contribution in [3.8, 4) is 11.5 Å². The molecule has 23 heavy (non-hydrogen) atoms. The van der Waals surface area contributed by atoms with Gasteiger partial charge < -0.3 is 4.42 Å². The lowest BCUT2D eigenvalue weighted by molar-refractivity contribution is 0.465. The number of hydrogen-bond acceptors (Lipinski definition) is 6. The summed E-state index contributed by atoms with van der Waals surface area (Å²) in [7, 11) is 0. The normalized spacial score (nSPS) is 11.2. The van der Waals surface area contributed by atoms with Gasteiger partial charge in [-0.2, -0.15) is 0 Å². The fraction of sp³-hybridized carbons (Fsp3) is 0.118. The summed E-state index contributed by atoms with van der Waals surface area (Å²) in [6.07, 6.45) is 0. The Balaban J connectivity index is 1.51. The Hall–Kier alpha value is -2.18. The zero-order chi connectivity index (χ0) is 15.6. The Morgan fingerprint density at radius 2 is 1.87 bits per heavy atom. The van der Waals surface area contributed by atoms with E-state index in [1.54, 1.807) is 11.3 Å². The van der Waals surface area contributed by atoms with E-state index < -0.39 is 0 Å². The van der Waals surface area contributed by atoms with E-state index in [0.29, 0.717) is 11.1 Å². The van der Waals surface area contributed by atoms with Gasteiger partial charge in [0.25, 0.3) is 5.22 Å². The lowest BCUT2D eigenvalue weighted by Crippen LogP contribution is -1.81. The van der Waals surface area contributed by atoms with Crippen LogP contribution in [0.4, 0.5) is 0 Å². The molecule has 0 aliphatic heterocycles. The maximum atomic E-state index is 5.76. The van der Waals surface area contributed by atoms with Crippen LogP contribution < -0.4 is 0 Å². The molecule has 0 N–H and O–H groups in total. The number of benzene rings is 2. The molecule has 6 heteroatoms. The number of rotatable bonds is 4. The molecule has 4 rings (SSSR count). The van der Waals surface area contributed by atoms with Gasteiger partial charge in [0.05, 0.1) is 16.0 Å². The third kappa shape index (κ3) is 3.00. The van der Waals surface area contributed by atoms with E-state index in [0.717, 1.165) is 27.4 Å². The van der Waals surface area contributed by atoms with Crippen molar-refractivity contribution in [1.82, 2.24) is 15.2 Å². The first-order chi connectivity index (χ1) is 11.3. The fourth-order valence-electron chi connectivity index (χ4n) is 2.29. The van der Waals surface area contributed by atoms with Gasteiger partial charge in [-0.15, -0.1) is 21.5 Å². The van der Waals surface area contributed by atoms with E-state index in [-0.39, 0.29) is 0 Å². The average Bonchev–Trinajstić information content (AvgIpc) is 3.19. The number of hydrogen-bond donors (Lipinski definition) is 0. The van der Waals surface area contributed by atoms with E-state index in [4.69, 9.17) is 4.42 Å². The van der Waals surface area contributed by atoms with E-state index >= 15 is 0 Å². The molecule has 2 aromatic carbocycles. The third-order valence-electron chi connectivity index (χ3n) is 3.44. The maximum absolute atomic E-state index is 5.76.